The molecule has 0 bridgehead atoms. The highest BCUT2D eigenvalue weighted by molar-refractivity contribution is 5.86. The average Bonchev–Trinajstić information content (AvgIpc) is 2.68. The van der Waals surface area contributed by atoms with Gasteiger partial charge in [-0.25, -0.2) is 4.79 Å². The van der Waals surface area contributed by atoms with Crippen molar-refractivity contribution < 1.29 is 25.2 Å². The van der Waals surface area contributed by atoms with E-state index in [2.05, 4.69) is 12.2 Å². The predicted molar refractivity (Wildman–Crippen MR) is 130 cm³/mol. The van der Waals surface area contributed by atoms with E-state index in [9.17, 15) is 25.2 Å². The lowest BCUT2D eigenvalue weighted by Crippen LogP contribution is -2.24. The normalized spacial score (nSPS) is 14.2. The highest BCUT2D eigenvalue weighted by Gasteiger charge is 2.20. The number of carboxylic acid groups (broad SMARTS) is 1. The number of rotatable bonds is 13. The third-order valence-electron chi connectivity index (χ3n) is 5.64. The lowest BCUT2D eigenvalue weighted by Gasteiger charge is -2.23. The molecule has 0 unspecified atom stereocenters. The van der Waals surface area contributed by atoms with E-state index in [-0.39, 0.29) is 11.5 Å². The second-order valence-electron chi connectivity index (χ2n) is 9.25. The number of aromatic hydroxyl groups is 2. The summed E-state index contributed by atoms with van der Waals surface area (Å²) in [4.78, 5) is 11.4. The molecule has 0 amide bonds. The van der Waals surface area contributed by atoms with Gasteiger partial charge < -0.3 is 20.4 Å². The maximum absolute atomic E-state index is 11.4. The van der Waals surface area contributed by atoms with Gasteiger partial charge in [-0.2, -0.15) is 0 Å². The lowest BCUT2D eigenvalue weighted by molar-refractivity contribution is -0.132. The molecule has 5 heteroatoms. The molecule has 0 heterocycles. The molecule has 0 aliphatic heterocycles. The van der Waals surface area contributed by atoms with Crippen LogP contribution in [0, 0.1) is 6.92 Å². The zero-order valence-corrected chi connectivity index (χ0v) is 20.2. The number of allylic oxidation sites excluding steroid dienone is 5. The Morgan fingerprint density at radius 1 is 0.969 bits per heavy atom. The van der Waals surface area contributed by atoms with Crippen LogP contribution in [0.5, 0.6) is 11.5 Å². The Hall–Kier alpha value is -2.53. The van der Waals surface area contributed by atoms with Gasteiger partial charge in [-0.3, -0.25) is 0 Å². The van der Waals surface area contributed by atoms with Gasteiger partial charge in [0, 0.05) is 5.57 Å². The van der Waals surface area contributed by atoms with Crippen LogP contribution in [-0.4, -0.2) is 32.0 Å². The molecule has 0 fully saturated rings. The van der Waals surface area contributed by atoms with Crippen LogP contribution in [0.1, 0.15) is 83.8 Å². The smallest absolute Gasteiger partial charge is 0.331 e. The monoisotopic (exact) mass is 444 g/mol. The maximum Gasteiger partial charge on any atom is 0.331 e. The SMILES string of the molecule is CC(C)=CCC/C(=C/CC/C(C)=C/CC[C@@](C)(O)CCc1cc(O)cc(C)c1O)C(=O)O. The lowest BCUT2D eigenvalue weighted by atomic mass is 9.91. The highest BCUT2D eigenvalue weighted by atomic mass is 16.4. The molecule has 0 spiro atoms. The van der Waals surface area contributed by atoms with Crippen LogP contribution < -0.4 is 0 Å². The van der Waals surface area contributed by atoms with Gasteiger partial charge in [0.05, 0.1) is 5.60 Å². The number of phenolic OH excluding ortho intramolecular Hbond substituents is 2. The van der Waals surface area contributed by atoms with Gasteiger partial charge in [0.2, 0.25) is 0 Å². The third kappa shape index (κ3) is 10.7. The van der Waals surface area contributed by atoms with Crippen molar-refractivity contribution in [3.63, 3.8) is 0 Å². The first-order valence-electron chi connectivity index (χ1n) is 11.4. The second kappa shape index (κ2) is 13.1. The Kier molecular flexibility index (Phi) is 11.3. The fourth-order valence-corrected chi connectivity index (χ4v) is 3.57. The minimum atomic E-state index is -0.885. The van der Waals surface area contributed by atoms with E-state index in [4.69, 9.17) is 0 Å². The number of phenols is 2. The first-order chi connectivity index (χ1) is 14.9. The fourth-order valence-electron chi connectivity index (χ4n) is 3.57. The van der Waals surface area contributed by atoms with E-state index >= 15 is 0 Å². The van der Waals surface area contributed by atoms with E-state index in [0.29, 0.717) is 48.8 Å². The van der Waals surface area contributed by atoms with Crippen LogP contribution in [0.4, 0.5) is 0 Å². The van der Waals surface area contributed by atoms with Crippen molar-refractivity contribution in [3.8, 4) is 11.5 Å². The topological polar surface area (TPSA) is 98.0 Å². The fraction of sp³-hybridized carbons (Fsp3) is 0.519. The molecule has 0 saturated carbocycles. The molecule has 1 atom stereocenters. The summed E-state index contributed by atoms with van der Waals surface area (Å²) in [6.45, 7) is 9.57. The largest absolute Gasteiger partial charge is 0.508 e. The molecule has 0 radical (unpaired) electrons. The molecular weight excluding hydrogens is 404 g/mol. The van der Waals surface area contributed by atoms with Gasteiger partial charge in [-0.1, -0.05) is 29.4 Å². The van der Waals surface area contributed by atoms with Crippen LogP contribution in [0.3, 0.4) is 0 Å². The molecule has 4 N–H and O–H groups in total. The molecular formula is C27H40O5. The van der Waals surface area contributed by atoms with Gasteiger partial charge in [-0.05, 0) is 109 Å². The summed E-state index contributed by atoms with van der Waals surface area (Å²) in [6.07, 6.45) is 11.0. The van der Waals surface area contributed by atoms with Crippen molar-refractivity contribution in [3.05, 3.63) is 58.2 Å². The molecule has 0 aliphatic rings. The summed E-state index contributed by atoms with van der Waals surface area (Å²) < 4.78 is 0. The Balaban J connectivity index is 2.51. The Morgan fingerprint density at radius 2 is 1.62 bits per heavy atom. The predicted octanol–water partition coefficient (Wildman–Crippen LogP) is 6.35. The van der Waals surface area contributed by atoms with Crippen molar-refractivity contribution in [1.29, 1.82) is 0 Å². The Labute approximate surface area is 192 Å². The van der Waals surface area contributed by atoms with Crippen LogP contribution in [0.15, 0.2) is 47.1 Å². The third-order valence-corrected chi connectivity index (χ3v) is 5.64. The molecule has 0 saturated heterocycles. The standard InChI is InChI=1S/C27H40O5/c1-19(2)9-6-12-22(26(30)31)13-7-10-20(3)11-8-15-27(5,32)16-14-23-18-24(28)17-21(4)25(23)29/h9,11,13,17-18,28-29,32H,6-8,10,12,14-16H2,1-5H3,(H,30,31)/b20-11+,22-13-/t27-/m1/s1. The number of hydrogen-bond acceptors (Lipinski definition) is 4. The molecule has 32 heavy (non-hydrogen) atoms. The summed E-state index contributed by atoms with van der Waals surface area (Å²) in [6, 6.07) is 3.06. The minimum Gasteiger partial charge on any atom is -0.508 e. The quantitative estimate of drug-likeness (QED) is 0.161. The van der Waals surface area contributed by atoms with Gasteiger partial charge >= 0.3 is 5.97 Å². The second-order valence-corrected chi connectivity index (χ2v) is 9.25. The maximum atomic E-state index is 11.4. The van der Waals surface area contributed by atoms with E-state index < -0.39 is 11.6 Å². The number of benzene rings is 1. The molecule has 5 nitrogen and oxygen atoms in total. The van der Waals surface area contributed by atoms with Gasteiger partial charge in [-0.15, -0.1) is 0 Å². The Morgan fingerprint density at radius 3 is 2.25 bits per heavy atom. The van der Waals surface area contributed by atoms with Crippen molar-refractivity contribution in [1.82, 2.24) is 0 Å². The Bertz CT molecular complexity index is 855. The summed E-state index contributed by atoms with van der Waals surface area (Å²) in [7, 11) is 0. The van der Waals surface area contributed by atoms with Crippen LogP contribution in [0.2, 0.25) is 0 Å². The van der Waals surface area contributed by atoms with Crippen molar-refractivity contribution in [2.24, 2.45) is 0 Å². The average molecular weight is 445 g/mol. The molecule has 0 aromatic heterocycles. The summed E-state index contributed by atoms with van der Waals surface area (Å²) in [5, 5.41) is 39.9. The number of aryl methyl sites for hydroxylation is 2. The first kappa shape index (κ1) is 27.5. The van der Waals surface area contributed by atoms with Crippen LogP contribution in [-0.2, 0) is 11.2 Å². The summed E-state index contributed by atoms with van der Waals surface area (Å²) in [5.74, 6) is -0.563. The zero-order valence-electron chi connectivity index (χ0n) is 20.2. The van der Waals surface area contributed by atoms with Crippen molar-refractivity contribution >= 4 is 5.97 Å². The summed E-state index contributed by atoms with van der Waals surface area (Å²) in [5.41, 5.74) is 3.20. The van der Waals surface area contributed by atoms with E-state index in [0.717, 1.165) is 19.3 Å². The molecule has 1 aromatic carbocycles. The number of carboxylic acids is 1. The van der Waals surface area contributed by atoms with E-state index in [1.54, 1.807) is 19.9 Å². The van der Waals surface area contributed by atoms with Crippen LogP contribution >= 0.6 is 0 Å². The number of aliphatic hydroxyl groups is 1. The minimum absolute atomic E-state index is 0.116. The summed E-state index contributed by atoms with van der Waals surface area (Å²) >= 11 is 0. The first-order valence-corrected chi connectivity index (χ1v) is 11.4. The van der Waals surface area contributed by atoms with E-state index in [1.165, 1.54) is 17.2 Å². The van der Waals surface area contributed by atoms with Crippen LogP contribution in [0.25, 0.3) is 0 Å². The molecule has 0 aliphatic carbocycles. The number of carbonyl (C=O) groups is 1. The van der Waals surface area contributed by atoms with Gasteiger partial charge in [0.1, 0.15) is 11.5 Å². The highest BCUT2D eigenvalue weighted by Crippen LogP contribution is 2.30. The molecule has 1 aromatic rings. The number of aliphatic carboxylic acids is 1. The van der Waals surface area contributed by atoms with E-state index in [1.807, 2.05) is 26.8 Å². The number of hydrogen-bond donors (Lipinski definition) is 4. The zero-order chi connectivity index (χ0) is 24.3. The molecule has 178 valence electrons. The van der Waals surface area contributed by atoms with Gasteiger partial charge in [0.15, 0.2) is 0 Å². The van der Waals surface area contributed by atoms with Crippen molar-refractivity contribution in [2.45, 2.75) is 91.6 Å². The van der Waals surface area contributed by atoms with Crippen molar-refractivity contribution in [2.75, 3.05) is 0 Å². The molecule has 1 rings (SSSR count). The van der Waals surface area contributed by atoms with Gasteiger partial charge in [0.25, 0.3) is 0 Å².